The fraction of sp³-hybridized carbons (Fsp3) is 0.500. The lowest BCUT2D eigenvalue weighted by atomic mass is 10.3. The molecule has 1 aromatic rings. The molecule has 1 aromatic heterocycles. The van der Waals surface area contributed by atoms with Crippen LogP contribution in [0.3, 0.4) is 0 Å². The first-order valence-electron chi connectivity index (χ1n) is 5.75. The van der Waals surface area contributed by atoms with E-state index in [0.717, 1.165) is 12.2 Å². The fourth-order valence-electron chi connectivity index (χ4n) is 1.25. The Balaban J connectivity index is 2.61. The van der Waals surface area contributed by atoms with Gasteiger partial charge >= 0.3 is 0 Å². The lowest BCUT2D eigenvalue weighted by Crippen LogP contribution is -2.34. The number of aliphatic imine (C=N–C) groups is 1. The van der Waals surface area contributed by atoms with Crippen LogP contribution in [-0.4, -0.2) is 53.7 Å². The zero-order chi connectivity index (χ0) is 13.5. The first kappa shape index (κ1) is 14.2. The number of carbonyl (C=O) groups excluding carboxylic acids is 1. The highest BCUT2D eigenvalue weighted by Gasteiger charge is 2.06. The minimum atomic E-state index is -0.167. The number of nitrogens with one attached hydrogen (secondary N) is 1. The molecule has 6 heteroatoms. The fourth-order valence-corrected chi connectivity index (χ4v) is 1.25. The molecule has 6 nitrogen and oxygen atoms in total. The number of aryl methyl sites for hydroxylation is 1. The Labute approximate surface area is 107 Å². The van der Waals surface area contributed by atoms with Gasteiger partial charge < -0.3 is 10.2 Å². The van der Waals surface area contributed by atoms with Crippen LogP contribution in [0.15, 0.2) is 17.5 Å². The molecule has 1 rings (SSSR count). The van der Waals surface area contributed by atoms with E-state index in [9.17, 15) is 4.79 Å². The van der Waals surface area contributed by atoms with Crippen LogP contribution in [0.2, 0.25) is 0 Å². The van der Waals surface area contributed by atoms with E-state index in [1.807, 2.05) is 25.9 Å². The standard InChI is InChI=1S/C12H19N5O/c1-9-11(7-13-8-15-9)16-10(2)12(18)14-5-6-17(3)4/h7-8H,5-6H2,1-4H3,(H,14,18). The van der Waals surface area contributed by atoms with Gasteiger partial charge in [-0.25, -0.2) is 15.0 Å². The molecule has 0 unspecified atom stereocenters. The molecule has 1 amide bonds. The van der Waals surface area contributed by atoms with Crippen molar-refractivity contribution in [1.82, 2.24) is 20.2 Å². The molecule has 0 aliphatic carbocycles. The van der Waals surface area contributed by atoms with E-state index < -0.39 is 0 Å². The van der Waals surface area contributed by atoms with Gasteiger partial charge in [-0.1, -0.05) is 0 Å². The third-order valence-electron chi connectivity index (χ3n) is 2.35. The summed E-state index contributed by atoms with van der Waals surface area (Å²) in [6.07, 6.45) is 3.06. The van der Waals surface area contributed by atoms with Gasteiger partial charge in [0.1, 0.15) is 17.7 Å². The summed E-state index contributed by atoms with van der Waals surface area (Å²) in [5.41, 5.74) is 1.79. The molecule has 98 valence electrons. The molecule has 0 aliphatic rings. The Bertz CT molecular complexity index is 442. The van der Waals surface area contributed by atoms with E-state index in [1.165, 1.54) is 6.33 Å². The molecular formula is C12H19N5O. The summed E-state index contributed by atoms with van der Waals surface area (Å²) >= 11 is 0. The van der Waals surface area contributed by atoms with Crippen LogP contribution in [0.1, 0.15) is 12.6 Å². The SMILES string of the molecule is CC(=Nc1cncnc1C)C(=O)NCCN(C)C. The Morgan fingerprint density at radius 2 is 2.22 bits per heavy atom. The molecule has 0 spiro atoms. The summed E-state index contributed by atoms with van der Waals surface area (Å²) in [4.78, 5) is 25.9. The van der Waals surface area contributed by atoms with Crippen LogP contribution < -0.4 is 5.32 Å². The smallest absolute Gasteiger partial charge is 0.265 e. The maximum Gasteiger partial charge on any atom is 0.265 e. The van der Waals surface area contributed by atoms with Crippen LogP contribution >= 0.6 is 0 Å². The molecule has 0 atom stereocenters. The van der Waals surface area contributed by atoms with E-state index in [-0.39, 0.29) is 5.91 Å². The average molecular weight is 249 g/mol. The summed E-state index contributed by atoms with van der Waals surface area (Å²) < 4.78 is 0. The zero-order valence-corrected chi connectivity index (χ0v) is 11.3. The molecule has 0 bridgehead atoms. The maximum atomic E-state index is 11.7. The van der Waals surface area contributed by atoms with Crippen molar-refractivity contribution < 1.29 is 4.79 Å². The van der Waals surface area contributed by atoms with Gasteiger partial charge in [-0.3, -0.25) is 4.79 Å². The van der Waals surface area contributed by atoms with Gasteiger partial charge in [0.2, 0.25) is 0 Å². The zero-order valence-electron chi connectivity index (χ0n) is 11.3. The first-order valence-corrected chi connectivity index (χ1v) is 5.75. The van der Waals surface area contributed by atoms with Gasteiger partial charge in [-0.15, -0.1) is 0 Å². The third kappa shape index (κ3) is 4.58. The number of aromatic nitrogens is 2. The number of rotatable bonds is 5. The number of likely N-dealkylation sites (N-methyl/N-ethyl adjacent to an activating group) is 1. The van der Waals surface area contributed by atoms with Crippen molar-refractivity contribution in [2.45, 2.75) is 13.8 Å². The summed E-state index contributed by atoms with van der Waals surface area (Å²) in [5, 5.41) is 2.80. The van der Waals surface area contributed by atoms with Gasteiger partial charge in [0.05, 0.1) is 11.9 Å². The van der Waals surface area contributed by atoms with Crippen molar-refractivity contribution in [2.75, 3.05) is 27.2 Å². The van der Waals surface area contributed by atoms with Gasteiger partial charge in [0, 0.05) is 13.1 Å². The highest BCUT2D eigenvalue weighted by molar-refractivity contribution is 6.38. The normalized spacial score (nSPS) is 11.7. The maximum absolute atomic E-state index is 11.7. The van der Waals surface area contributed by atoms with Crippen molar-refractivity contribution in [2.24, 2.45) is 4.99 Å². The second-order valence-electron chi connectivity index (χ2n) is 4.25. The highest BCUT2D eigenvalue weighted by Crippen LogP contribution is 2.13. The van der Waals surface area contributed by atoms with Crippen LogP contribution in [0.4, 0.5) is 5.69 Å². The van der Waals surface area contributed by atoms with Gasteiger partial charge in [-0.2, -0.15) is 0 Å². The molecular weight excluding hydrogens is 230 g/mol. The van der Waals surface area contributed by atoms with Crippen molar-refractivity contribution >= 4 is 17.3 Å². The number of hydrogen-bond acceptors (Lipinski definition) is 5. The molecule has 1 N–H and O–H groups in total. The minimum absolute atomic E-state index is 0.167. The molecule has 1 heterocycles. The number of carbonyl (C=O) groups is 1. The Hall–Kier alpha value is -1.82. The molecule has 18 heavy (non-hydrogen) atoms. The molecule has 0 fully saturated rings. The lowest BCUT2D eigenvalue weighted by molar-refractivity contribution is -0.114. The van der Waals surface area contributed by atoms with E-state index in [4.69, 9.17) is 0 Å². The first-order chi connectivity index (χ1) is 8.50. The Kier molecular flexibility index (Phi) is 5.38. The van der Waals surface area contributed by atoms with Gasteiger partial charge in [-0.05, 0) is 27.9 Å². The van der Waals surface area contributed by atoms with Crippen molar-refractivity contribution in [3.05, 3.63) is 18.2 Å². The third-order valence-corrected chi connectivity index (χ3v) is 2.35. The topological polar surface area (TPSA) is 70.5 Å². The summed E-state index contributed by atoms with van der Waals surface area (Å²) in [5.74, 6) is -0.167. The van der Waals surface area contributed by atoms with Gasteiger partial charge in [0.15, 0.2) is 0 Å². The molecule has 0 aromatic carbocycles. The Morgan fingerprint density at radius 3 is 2.83 bits per heavy atom. The Morgan fingerprint density at radius 1 is 1.50 bits per heavy atom. The molecule has 0 aliphatic heterocycles. The van der Waals surface area contributed by atoms with Crippen molar-refractivity contribution in [1.29, 1.82) is 0 Å². The summed E-state index contributed by atoms with van der Waals surface area (Å²) in [7, 11) is 3.91. The van der Waals surface area contributed by atoms with Crippen LogP contribution in [0.25, 0.3) is 0 Å². The second kappa shape index (κ2) is 6.80. The van der Waals surface area contributed by atoms with E-state index >= 15 is 0 Å². The monoisotopic (exact) mass is 249 g/mol. The summed E-state index contributed by atoms with van der Waals surface area (Å²) in [6.45, 7) is 4.91. The number of amides is 1. The number of hydrogen-bond donors (Lipinski definition) is 1. The van der Waals surface area contributed by atoms with E-state index in [2.05, 4.69) is 20.3 Å². The minimum Gasteiger partial charge on any atom is -0.350 e. The highest BCUT2D eigenvalue weighted by atomic mass is 16.1. The summed E-state index contributed by atoms with van der Waals surface area (Å²) in [6, 6.07) is 0. The average Bonchev–Trinajstić information content (AvgIpc) is 2.31. The van der Waals surface area contributed by atoms with Crippen LogP contribution in [0.5, 0.6) is 0 Å². The quantitative estimate of drug-likeness (QED) is 0.774. The van der Waals surface area contributed by atoms with Crippen molar-refractivity contribution in [3.8, 4) is 0 Å². The van der Waals surface area contributed by atoms with Crippen LogP contribution in [0, 0.1) is 6.92 Å². The van der Waals surface area contributed by atoms with Crippen molar-refractivity contribution in [3.63, 3.8) is 0 Å². The molecule has 0 saturated heterocycles. The lowest BCUT2D eigenvalue weighted by Gasteiger charge is -2.10. The van der Waals surface area contributed by atoms with E-state index in [0.29, 0.717) is 17.9 Å². The molecule has 0 saturated carbocycles. The predicted octanol–water partition coefficient (Wildman–Crippen LogP) is 0.555. The number of nitrogens with zero attached hydrogens (tertiary/aromatic N) is 4. The second-order valence-corrected chi connectivity index (χ2v) is 4.25. The van der Waals surface area contributed by atoms with Crippen LogP contribution in [-0.2, 0) is 4.79 Å². The predicted molar refractivity (Wildman–Crippen MR) is 71.1 cm³/mol. The van der Waals surface area contributed by atoms with Gasteiger partial charge in [0.25, 0.3) is 5.91 Å². The molecule has 0 radical (unpaired) electrons. The van der Waals surface area contributed by atoms with E-state index in [1.54, 1.807) is 13.1 Å². The largest absolute Gasteiger partial charge is 0.350 e.